The molecular weight excluding hydrogens is 350 g/mol. The maximum absolute atomic E-state index is 12.6. The van der Waals surface area contributed by atoms with E-state index in [1.54, 1.807) is 24.3 Å². The molecule has 1 aliphatic heterocycles. The van der Waals surface area contributed by atoms with Crippen molar-refractivity contribution in [1.82, 2.24) is 10.1 Å². The van der Waals surface area contributed by atoms with Gasteiger partial charge in [0.1, 0.15) is 0 Å². The van der Waals surface area contributed by atoms with Crippen LogP contribution in [0.5, 0.6) is 0 Å². The molecule has 0 unspecified atom stereocenters. The second-order valence-corrected chi connectivity index (χ2v) is 6.83. The van der Waals surface area contributed by atoms with E-state index >= 15 is 0 Å². The number of halogens is 1. The van der Waals surface area contributed by atoms with E-state index in [9.17, 15) is 4.79 Å². The molecule has 2 aromatic carbocycles. The molecule has 3 aromatic rings. The smallest absolute Gasteiger partial charge is 0.266 e. The quantitative estimate of drug-likeness (QED) is 0.636. The van der Waals surface area contributed by atoms with Gasteiger partial charge in [-0.25, -0.2) is 0 Å². The molecule has 5 nitrogen and oxygen atoms in total. The summed E-state index contributed by atoms with van der Waals surface area (Å²) < 4.78 is 5.38. The fourth-order valence-corrected chi connectivity index (χ4v) is 3.36. The molecule has 1 aromatic heterocycles. The highest BCUT2D eigenvalue weighted by molar-refractivity contribution is 6.30. The molecule has 4 rings (SSSR count). The Kier molecular flexibility index (Phi) is 4.71. The largest absolute Gasteiger partial charge is 0.338 e. The van der Waals surface area contributed by atoms with E-state index in [4.69, 9.17) is 16.1 Å². The van der Waals surface area contributed by atoms with Crippen LogP contribution in [0.15, 0.2) is 59.1 Å². The van der Waals surface area contributed by atoms with Crippen molar-refractivity contribution in [3.8, 4) is 11.5 Å². The summed E-state index contributed by atoms with van der Waals surface area (Å²) in [5.74, 6) is 1.30. The Balaban J connectivity index is 1.40. The molecule has 0 saturated carbocycles. The third-order valence-corrected chi connectivity index (χ3v) is 4.97. The van der Waals surface area contributed by atoms with Crippen LogP contribution in [0.2, 0.25) is 5.02 Å². The molecule has 0 spiro atoms. The van der Waals surface area contributed by atoms with Gasteiger partial charge in [-0.3, -0.25) is 4.79 Å². The summed E-state index contributed by atoms with van der Waals surface area (Å²) >= 11 is 5.89. The first-order chi connectivity index (χ1) is 12.7. The third-order valence-electron chi connectivity index (χ3n) is 4.71. The number of rotatable bonds is 4. The number of carbonyl (C=O) groups excluding carboxylic acids is 1. The molecular formula is C20H18ClN3O2. The summed E-state index contributed by atoms with van der Waals surface area (Å²) in [4.78, 5) is 19.2. The highest BCUT2D eigenvalue weighted by Gasteiger charge is 2.27. The summed E-state index contributed by atoms with van der Waals surface area (Å²) in [7, 11) is 0. The van der Waals surface area contributed by atoms with Crippen molar-refractivity contribution in [2.24, 2.45) is 5.92 Å². The van der Waals surface area contributed by atoms with E-state index in [1.165, 1.54) is 0 Å². The Morgan fingerprint density at radius 2 is 1.73 bits per heavy atom. The van der Waals surface area contributed by atoms with Gasteiger partial charge in [-0.15, -0.1) is 0 Å². The molecule has 1 fully saturated rings. The van der Waals surface area contributed by atoms with Crippen molar-refractivity contribution < 1.29 is 9.32 Å². The summed E-state index contributed by atoms with van der Waals surface area (Å²) in [5.41, 5.74) is 1.62. The summed E-state index contributed by atoms with van der Waals surface area (Å²) in [6.07, 6.45) is 1.55. The van der Waals surface area contributed by atoms with Crippen molar-refractivity contribution in [3.63, 3.8) is 0 Å². The van der Waals surface area contributed by atoms with E-state index in [1.807, 2.05) is 30.3 Å². The van der Waals surface area contributed by atoms with Crippen LogP contribution in [-0.4, -0.2) is 29.0 Å². The van der Waals surface area contributed by atoms with Crippen LogP contribution in [0.25, 0.3) is 11.5 Å². The zero-order valence-corrected chi connectivity index (χ0v) is 14.9. The Morgan fingerprint density at radius 1 is 1.04 bits per heavy atom. The van der Waals surface area contributed by atoms with Gasteiger partial charge in [0.2, 0.25) is 0 Å². The van der Waals surface area contributed by atoms with Crippen LogP contribution in [0.1, 0.15) is 23.2 Å². The Hall–Kier alpha value is -2.66. The highest BCUT2D eigenvalue weighted by Crippen LogP contribution is 2.26. The minimum Gasteiger partial charge on any atom is -0.338 e. The lowest BCUT2D eigenvalue weighted by molar-refractivity contribution is 0.0900. The van der Waals surface area contributed by atoms with Gasteiger partial charge in [0.05, 0.1) is 0 Å². The number of hydrogen-bond donors (Lipinski definition) is 0. The standard InChI is InChI=1S/C20H18ClN3O2/c21-17-8-6-14(7-9-17)18(25)15-10-12-24(13-11-15)20-22-19(26-23-20)16-4-2-1-3-5-16/h1-9,15H,10-13H2. The van der Waals surface area contributed by atoms with E-state index < -0.39 is 0 Å². The van der Waals surface area contributed by atoms with Crippen molar-refractivity contribution in [1.29, 1.82) is 0 Å². The zero-order chi connectivity index (χ0) is 17.9. The molecule has 0 atom stereocenters. The molecule has 2 heterocycles. The number of ketones is 1. The minimum absolute atomic E-state index is 0.0212. The SMILES string of the molecule is O=C(c1ccc(Cl)cc1)C1CCN(c2noc(-c3ccccc3)n2)CC1. The number of piperidine rings is 1. The number of benzene rings is 2. The lowest BCUT2D eigenvalue weighted by atomic mass is 9.89. The van der Waals surface area contributed by atoms with Gasteiger partial charge in [0.15, 0.2) is 5.78 Å². The number of anilines is 1. The first-order valence-corrected chi connectivity index (χ1v) is 9.02. The van der Waals surface area contributed by atoms with Crippen molar-refractivity contribution in [3.05, 3.63) is 65.2 Å². The lowest BCUT2D eigenvalue weighted by Gasteiger charge is -2.30. The minimum atomic E-state index is 0.0212. The fourth-order valence-electron chi connectivity index (χ4n) is 3.23. The number of nitrogens with zero attached hydrogens (tertiary/aromatic N) is 3. The van der Waals surface area contributed by atoms with Gasteiger partial charge < -0.3 is 9.42 Å². The van der Waals surface area contributed by atoms with E-state index in [0.717, 1.165) is 37.1 Å². The predicted octanol–water partition coefficient (Wildman–Crippen LogP) is 4.49. The van der Waals surface area contributed by atoms with Crippen LogP contribution in [-0.2, 0) is 0 Å². The monoisotopic (exact) mass is 367 g/mol. The summed E-state index contributed by atoms with van der Waals surface area (Å²) in [6, 6.07) is 16.8. The first-order valence-electron chi connectivity index (χ1n) is 8.64. The summed E-state index contributed by atoms with van der Waals surface area (Å²) in [6.45, 7) is 1.47. The van der Waals surface area contributed by atoms with Gasteiger partial charge in [0, 0.05) is 35.2 Å². The maximum Gasteiger partial charge on any atom is 0.266 e. The molecule has 26 heavy (non-hydrogen) atoms. The number of Topliss-reactive ketones (excluding diaryl/α,β-unsaturated/α-hetero) is 1. The summed E-state index contributed by atoms with van der Waals surface area (Å²) in [5, 5.41) is 4.74. The maximum atomic E-state index is 12.6. The van der Waals surface area contributed by atoms with Gasteiger partial charge >= 0.3 is 0 Å². The van der Waals surface area contributed by atoms with E-state index in [2.05, 4.69) is 15.0 Å². The lowest BCUT2D eigenvalue weighted by Crippen LogP contribution is -2.37. The van der Waals surface area contributed by atoms with Gasteiger partial charge in [0.25, 0.3) is 11.8 Å². The molecule has 0 radical (unpaired) electrons. The highest BCUT2D eigenvalue weighted by atomic mass is 35.5. The Morgan fingerprint density at radius 3 is 2.42 bits per heavy atom. The molecule has 6 heteroatoms. The average molecular weight is 368 g/mol. The van der Waals surface area contributed by atoms with Crippen molar-refractivity contribution >= 4 is 23.3 Å². The second kappa shape index (κ2) is 7.30. The van der Waals surface area contributed by atoms with Crippen molar-refractivity contribution in [2.75, 3.05) is 18.0 Å². The second-order valence-electron chi connectivity index (χ2n) is 6.40. The molecule has 0 amide bonds. The third kappa shape index (κ3) is 3.48. The van der Waals surface area contributed by atoms with Gasteiger partial charge in [-0.2, -0.15) is 4.98 Å². The Labute approximate surface area is 156 Å². The Bertz CT molecular complexity index is 885. The van der Waals surface area contributed by atoms with Crippen LogP contribution in [0, 0.1) is 5.92 Å². The van der Waals surface area contributed by atoms with Gasteiger partial charge in [-0.05, 0) is 54.4 Å². The number of hydrogen-bond acceptors (Lipinski definition) is 5. The van der Waals surface area contributed by atoms with Crippen LogP contribution in [0.3, 0.4) is 0 Å². The zero-order valence-electron chi connectivity index (χ0n) is 14.1. The first kappa shape index (κ1) is 16.8. The average Bonchev–Trinajstić information content (AvgIpc) is 3.19. The molecule has 0 N–H and O–H groups in total. The molecule has 132 valence electrons. The molecule has 1 saturated heterocycles. The molecule has 0 bridgehead atoms. The molecule has 1 aliphatic rings. The topological polar surface area (TPSA) is 59.2 Å². The van der Waals surface area contributed by atoms with Crippen molar-refractivity contribution in [2.45, 2.75) is 12.8 Å². The van der Waals surface area contributed by atoms with E-state index in [0.29, 0.717) is 16.9 Å². The van der Waals surface area contributed by atoms with Crippen LogP contribution >= 0.6 is 11.6 Å². The van der Waals surface area contributed by atoms with Crippen LogP contribution < -0.4 is 4.90 Å². The predicted molar refractivity (Wildman–Crippen MR) is 100 cm³/mol. The van der Waals surface area contributed by atoms with Gasteiger partial charge in [-0.1, -0.05) is 29.8 Å². The number of aromatic nitrogens is 2. The fraction of sp³-hybridized carbons (Fsp3) is 0.250. The molecule has 0 aliphatic carbocycles. The number of carbonyl (C=O) groups is 1. The van der Waals surface area contributed by atoms with E-state index in [-0.39, 0.29) is 11.7 Å². The van der Waals surface area contributed by atoms with Crippen LogP contribution in [0.4, 0.5) is 5.95 Å². The normalized spacial score (nSPS) is 15.2.